The number of hydrogen-bond acceptors (Lipinski definition) is 3. The largest absolute Gasteiger partial charge is 0.507 e. The third kappa shape index (κ3) is 2.18. The average Bonchev–Trinajstić information content (AvgIpc) is 2.98. The molecular formula is C16H22N2O2. The first-order valence-electron chi connectivity index (χ1n) is 7.35. The van der Waals surface area contributed by atoms with Crippen LogP contribution in [0.2, 0.25) is 0 Å². The molecular weight excluding hydrogens is 252 g/mol. The van der Waals surface area contributed by atoms with Crippen molar-refractivity contribution in [3.63, 3.8) is 0 Å². The van der Waals surface area contributed by atoms with Crippen molar-refractivity contribution in [2.24, 2.45) is 5.92 Å². The van der Waals surface area contributed by atoms with Crippen LogP contribution in [0.25, 0.3) is 0 Å². The number of amides is 1. The predicted molar refractivity (Wildman–Crippen MR) is 77.8 cm³/mol. The van der Waals surface area contributed by atoms with E-state index in [0.29, 0.717) is 18.2 Å². The maximum absolute atomic E-state index is 12.2. The van der Waals surface area contributed by atoms with Gasteiger partial charge in [0.15, 0.2) is 0 Å². The van der Waals surface area contributed by atoms with Crippen molar-refractivity contribution in [3.8, 4) is 5.75 Å². The number of carbonyl (C=O) groups excluding carboxylic acids is 1. The molecule has 1 aromatic carbocycles. The number of hydrogen-bond donors (Lipinski definition) is 3. The highest BCUT2D eigenvalue weighted by Crippen LogP contribution is 2.49. The zero-order valence-electron chi connectivity index (χ0n) is 12.1. The van der Waals surface area contributed by atoms with Crippen LogP contribution in [0.15, 0.2) is 12.1 Å². The van der Waals surface area contributed by atoms with E-state index in [1.54, 1.807) is 0 Å². The van der Waals surface area contributed by atoms with Crippen LogP contribution < -0.4 is 10.6 Å². The Bertz CT molecular complexity index is 532. The van der Waals surface area contributed by atoms with E-state index < -0.39 is 0 Å². The van der Waals surface area contributed by atoms with Crippen molar-refractivity contribution >= 4 is 5.91 Å². The summed E-state index contributed by atoms with van der Waals surface area (Å²) in [6.07, 6.45) is 2.93. The Hall–Kier alpha value is -1.55. The van der Waals surface area contributed by atoms with Crippen molar-refractivity contribution in [2.45, 2.75) is 38.6 Å². The highest BCUT2D eigenvalue weighted by molar-refractivity contribution is 5.90. The van der Waals surface area contributed by atoms with Crippen LogP contribution >= 0.6 is 0 Å². The van der Waals surface area contributed by atoms with Gasteiger partial charge < -0.3 is 15.7 Å². The molecule has 0 aromatic heterocycles. The molecule has 1 saturated carbocycles. The lowest BCUT2D eigenvalue weighted by molar-refractivity contribution is -0.124. The van der Waals surface area contributed by atoms with Crippen LogP contribution in [0.4, 0.5) is 0 Å². The zero-order valence-corrected chi connectivity index (χ0v) is 12.1. The van der Waals surface area contributed by atoms with Gasteiger partial charge in [-0.2, -0.15) is 0 Å². The Morgan fingerprint density at radius 1 is 1.45 bits per heavy atom. The topological polar surface area (TPSA) is 61.4 Å². The molecule has 3 N–H and O–H groups in total. The molecule has 3 rings (SSSR count). The number of aromatic hydroxyl groups is 1. The summed E-state index contributed by atoms with van der Waals surface area (Å²) in [5, 5.41) is 16.1. The number of aryl methyl sites for hydroxylation is 2. The Kier molecular flexibility index (Phi) is 3.21. The summed E-state index contributed by atoms with van der Waals surface area (Å²) in [5.41, 5.74) is 2.71. The van der Waals surface area contributed by atoms with E-state index in [4.69, 9.17) is 0 Å². The highest BCUT2D eigenvalue weighted by atomic mass is 16.3. The first-order valence-corrected chi connectivity index (χ1v) is 7.35. The summed E-state index contributed by atoms with van der Waals surface area (Å²) in [4.78, 5) is 12.2. The number of carbonyl (C=O) groups is 1. The van der Waals surface area contributed by atoms with E-state index in [1.807, 2.05) is 26.0 Å². The number of piperidine rings is 1. The predicted octanol–water partition coefficient (Wildman–Crippen LogP) is 1.42. The van der Waals surface area contributed by atoms with Crippen molar-refractivity contribution in [2.75, 3.05) is 13.1 Å². The first kappa shape index (κ1) is 13.4. The van der Waals surface area contributed by atoms with Crippen LogP contribution in [0, 0.1) is 19.8 Å². The number of phenols is 1. The number of phenolic OH excluding ortho intramolecular Hbond substituents is 1. The molecule has 20 heavy (non-hydrogen) atoms. The standard InChI is InChI=1S/C16H22N2O2/c1-10-7-12(8-11(2)14(10)19)3-5-17-15(20)16-9-13(16)4-6-18-16/h7-8,13,18-19H,3-6,9H2,1-2H3,(H,17,20)/t13-,16+/m1/s1. The summed E-state index contributed by atoms with van der Waals surface area (Å²) < 4.78 is 0. The molecule has 1 aliphatic heterocycles. The monoisotopic (exact) mass is 274 g/mol. The third-order valence-corrected chi connectivity index (χ3v) is 4.69. The summed E-state index contributed by atoms with van der Waals surface area (Å²) in [5.74, 6) is 1.08. The summed E-state index contributed by atoms with van der Waals surface area (Å²) in [7, 11) is 0. The highest BCUT2D eigenvalue weighted by Gasteiger charge is 2.62. The lowest BCUT2D eigenvalue weighted by atomic mass is 10.0. The fourth-order valence-corrected chi connectivity index (χ4v) is 3.39. The molecule has 2 atom stereocenters. The molecule has 1 amide bonds. The van der Waals surface area contributed by atoms with Gasteiger partial charge in [0.25, 0.3) is 0 Å². The van der Waals surface area contributed by atoms with Gasteiger partial charge in [0.1, 0.15) is 11.3 Å². The molecule has 2 aliphatic rings. The second-order valence-corrected chi connectivity index (χ2v) is 6.17. The van der Waals surface area contributed by atoms with Gasteiger partial charge in [0.05, 0.1) is 0 Å². The van der Waals surface area contributed by atoms with E-state index in [1.165, 1.54) is 0 Å². The molecule has 4 nitrogen and oxygen atoms in total. The van der Waals surface area contributed by atoms with Crippen molar-refractivity contribution in [3.05, 3.63) is 28.8 Å². The van der Waals surface area contributed by atoms with Gasteiger partial charge in [-0.25, -0.2) is 0 Å². The maximum Gasteiger partial charge on any atom is 0.240 e. The zero-order chi connectivity index (χ0) is 14.3. The Balaban J connectivity index is 1.54. The fourth-order valence-electron chi connectivity index (χ4n) is 3.39. The van der Waals surface area contributed by atoms with E-state index in [0.717, 1.165) is 42.5 Å². The number of rotatable bonds is 4. The van der Waals surface area contributed by atoms with Crippen LogP contribution in [0.1, 0.15) is 29.5 Å². The molecule has 0 radical (unpaired) electrons. The van der Waals surface area contributed by atoms with Crippen LogP contribution in [-0.4, -0.2) is 29.6 Å². The molecule has 1 aliphatic carbocycles. The molecule has 0 spiro atoms. The quantitative estimate of drug-likeness (QED) is 0.778. The number of benzene rings is 1. The van der Waals surface area contributed by atoms with Gasteiger partial charge in [-0.05, 0) is 62.3 Å². The Morgan fingerprint density at radius 2 is 2.15 bits per heavy atom. The van der Waals surface area contributed by atoms with Gasteiger partial charge in [0.2, 0.25) is 5.91 Å². The van der Waals surface area contributed by atoms with Gasteiger partial charge in [-0.3, -0.25) is 4.79 Å². The summed E-state index contributed by atoms with van der Waals surface area (Å²) >= 11 is 0. The van der Waals surface area contributed by atoms with Crippen LogP contribution in [0.3, 0.4) is 0 Å². The molecule has 1 heterocycles. The summed E-state index contributed by atoms with van der Waals surface area (Å²) in [6, 6.07) is 3.97. The van der Waals surface area contributed by atoms with Crippen molar-refractivity contribution < 1.29 is 9.90 Å². The molecule has 108 valence electrons. The fraction of sp³-hybridized carbons (Fsp3) is 0.562. The maximum atomic E-state index is 12.2. The Labute approximate surface area is 119 Å². The van der Waals surface area contributed by atoms with E-state index in [9.17, 15) is 9.90 Å². The second kappa shape index (κ2) is 4.77. The minimum absolute atomic E-state index is 0.159. The average molecular weight is 274 g/mol. The van der Waals surface area contributed by atoms with E-state index in [-0.39, 0.29) is 11.4 Å². The van der Waals surface area contributed by atoms with Crippen LogP contribution in [0.5, 0.6) is 5.75 Å². The van der Waals surface area contributed by atoms with E-state index in [2.05, 4.69) is 10.6 Å². The second-order valence-electron chi connectivity index (χ2n) is 6.17. The van der Waals surface area contributed by atoms with Gasteiger partial charge in [0, 0.05) is 6.54 Å². The van der Waals surface area contributed by atoms with Gasteiger partial charge >= 0.3 is 0 Å². The molecule has 4 heteroatoms. The number of nitrogens with one attached hydrogen (secondary N) is 2. The number of fused-ring (bicyclic) bond motifs is 1. The Morgan fingerprint density at radius 3 is 2.70 bits per heavy atom. The first-order chi connectivity index (χ1) is 9.53. The van der Waals surface area contributed by atoms with Crippen molar-refractivity contribution in [1.82, 2.24) is 10.6 Å². The van der Waals surface area contributed by atoms with E-state index >= 15 is 0 Å². The SMILES string of the molecule is Cc1cc(CCNC(=O)[C@]23C[C@H]2CCN3)cc(C)c1O. The van der Waals surface area contributed by atoms with Crippen molar-refractivity contribution in [1.29, 1.82) is 0 Å². The molecule has 1 saturated heterocycles. The van der Waals surface area contributed by atoms with Gasteiger partial charge in [-0.15, -0.1) is 0 Å². The lowest BCUT2D eigenvalue weighted by Crippen LogP contribution is -2.45. The molecule has 0 unspecified atom stereocenters. The molecule has 1 aromatic rings. The minimum atomic E-state index is -0.235. The summed E-state index contributed by atoms with van der Waals surface area (Å²) in [6.45, 7) is 5.42. The molecule has 0 bridgehead atoms. The third-order valence-electron chi connectivity index (χ3n) is 4.69. The lowest BCUT2D eigenvalue weighted by Gasteiger charge is -2.14. The van der Waals surface area contributed by atoms with Gasteiger partial charge in [-0.1, -0.05) is 12.1 Å². The minimum Gasteiger partial charge on any atom is -0.507 e. The smallest absolute Gasteiger partial charge is 0.240 e. The normalized spacial score (nSPS) is 27.2. The molecule has 2 fully saturated rings. The van der Waals surface area contributed by atoms with Crippen LogP contribution in [-0.2, 0) is 11.2 Å².